The van der Waals surface area contributed by atoms with Crippen LogP contribution < -0.4 is 10.6 Å². The molecule has 30 heavy (non-hydrogen) atoms. The summed E-state index contributed by atoms with van der Waals surface area (Å²) < 4.78 is 15.7. The van der Waals surface area contributed by atoms with Gasteiger partial charge < -0.3 is 29.4 Å². The predicted octanol–water partition coefficient (Wildman–Crippen LogP) is 1.08. The molecule has 10 heteroatoms. The average Bonchev–Trinajstić information content (AvgIpc) is 3.36. The van der Waals surface area contributed by atoms with E-state index in [-0.39, 0.29) is 49.9 Å². The van der Waals surface area contributed by atoms with E-state index in [0.717, 1.165) is 0 Å². The summed E-state index contributed by atoms with van der Waals surface area (Å²) in [6.07, 6.45) is 2.03. The molecule has 162 valence electrons. The van der Waals surface area contributed by atoms with E-state index in [1.54, 1.807) is 19.1 Å². The predicted molar refractivity (Wildman–Crippen MR) is 103 cm³/mol. The summed E-state index contributed by atoms with van der Waals surface area (Å²) in [6, 6.07) is 2.46. The monoisotopic (exact) mass is 419 g/mol. The Balaban J connectivity index is 1.65. The number of carbonyl (C=O) groups is 4. The Bertz CT molecular complexity index is 847. The molecule has 3 rings (SSSR count). The van der Waals surface area contributed by atoms with E-state index in [9.17, 15) is 19.2 Å². The third kappa shape index (κ3) is 4.81. The van der Waals surface area contributed by atoms with Gasteiger partial charge in [-0.3, -0.25) is 9.59 Å². The maximum atomic E-state index is 12.5. The van der Waals surface area contributed by atoms with Crippen molar-refractivity contribution in [3.8, 4) is 0 Å². The number of esters is 2. The molecule has 2 aliphatic rings. The first-order chi connectivity index (χ1) is 14.4. The van der Waals surface area contributed by atoms with E-state index in [1.807, 2.05) is 6.92 Å². The minimum atomic E-state index is -0.626. The van der Waals surface area contributed by atoms with Crippen LogP contribution in [0, 0.1) is 5.92 Å². The average molecular weight is 419 g/mol. The fraction of sp³-hybridized carbons (Fsp3) is 0.500. The molecule has 1 aromatic heterocycles. The Labute approximate surface area is 173 Å². The van der Waals surface area contributed by atoms with Crippen LogP contribution in [0.15, 0.2) is 34.1 Å². The van der Waals surface area contributed by atoms with Crippen molar-refractivity contribution in [3.05, 3.63) is 35.4 Å². The summed E-state index contributed by atoms with van der Waals surface area (Å²) in [6.45, 7) is 3.88. The smallest absolute Gasteiger partial charge is 0.338 e. The van der Waals surface area contributed by atoms with Gasteiger partial charge in [0.05, 0.1) is 42.6 Å². The standard InChI is InChI=1S/C20H25N3O7/c1-3-14-17(19(26)28-4-2)15(22-20(27)21-14)11-30-18(25)12-8-16(24)23(9-12)10-13-6-5-7-29-13/h5-7,12,14H,3-4,8-11H2,1-2H3,(H2,21,22,27)/t12-,14-/m0/s1. The Morgan fingerprint density at radius 2 is 2.07 bits per heavy atom. The van der Waals surface area contributed by atoms with E-state index in [4.69, 9.17) is 13.9 Å². The van der Waals surface area contributed by atoms with Crippen LogP contribution in [0.4, 0.5) is 4.79 Å². The fourth-order valence-electron chi connectivity index (χ4n) is 3.51. The van der Waals surface area contributed by atoms with Crippen molar-refractivity contribution in [1.29, 1.82) is 0 Å². The fourth-order valence-corrected chi connectivity index (χ4v) is 3.51. The summed E-state index contributed by atoms with van der Waals surface area (Å²) in [5, 5.41) is 5.18. The van der Waals surface area contributed by atoms with Gasteiger partial charge in [0.2, 0.25) is 5.91 Å². The maximum Gasteiger partial charge on any atom is 0.338 e. The summed E-state index contributed by atoms with van der Waals surface area (Å²) in [5.74, 6) is -1.31. The van der Waals surface area contributed by atoms with Gasteiger partial charge in [0.25, 0.3) is 0 Å². The highest BCUT2D eigenvalue weighted by atomic mass is 16.5. The third-order valence-corrected chi connectivity index (χ3v) is 4.98. The second kappa shape index (κ2) is 9.47. The second-order valence-corrected chi connectivity index (χ2v) is 7.03. The molecular formula is C20H25N3O7. The molecule has 0 aliphatic carbocycles. The molecule has 0 radical (unpaired) electrons. The van der Waals surface area contributed by atoms with Crippen molar-refractivity contribution in [2.24, 2.45) is 5.92 Å². The lowest BCUT2D eigenvalue weighted by Crippen LogP contribution is -2.51. The van der Waals surface area contributed by atoms with Crippen LogP contribution >= 0.6 is 0 Å². The van der Waals surface area contributed by atoms with Gasteiger partial charge in [-0.1, -0.05) is 6.92 Å². The number of nitrogens with zero attached hydrogens (tertiary/aromatic N) is 1. The minimum Gasteiger partial charge on any atom is -0.467 e. The number of ether oxygens (including phenoxy) is 2. The van der Waals surface area contributed by atoms with Crippen molar-refractivity contribution in [2.75, 3.05) is 19.8 Å². The Morgan fingerprint density at radius 3 is 2.73 bits per heavy atom. The van der Waals surface area contributed by atoms with Crippen molar-refractivity contribution in [1.82, 2.24) is 15.5 Å². The molecule has 0 aromatic carbocycles. The molecule has 2 N–H and O–H groups in total. The van der Waals surface area contributed by atoms with E-state index < -0.39 is 29.9 Å². The lowest BCUT2D eigenvalue weighted by molar-refractivity contribution is -0.148. The van der Waals surface area contributed by atoms with E-state index >= 15 is 0 Å². The Kier molecular flexibility index (Phi) is 6.76. The lowest BCUT2D eigenvalue weighted by Gasteiger charge is -2.28. The molecule has 0 bridgehead atoms. The molecule has 2 atom stereocenters. The highest BCUT2D eigenvalue weighted by Crippen LogP contribution is 2.23. The van der Waals surface area contributed by atoms with Crippen LogP contribution in [0.2, 0.25) is 0 Å². The molecule has 0 saturated carbocycles. The zero-order valence-corrected chi connectivity index (χ0v) is 16.9. The molecule has 2 aliphatic heterocycles. The Hall–Kier alpha value is -3.30. The maximum absolute atomic E-state index is 12.5. The number of hydrogen-bond donors (Lipinski definition) is 2. The van der Waals surface area contributed by atoms with Gasteiger partial charge in [-0.2, -0.15) is 0 Å². The van der Waals surface area contributed by atoms with Crippen LogP contribution in [0.25, 0.3) is 0 Å². The molecule has 1 fully saturated rings. The zero-order valence-electron chi connectivity index (χ0n) is 16.9. The number of carbonyl (C=O) groups excluding carboxylic acids is 4. The quantitative estimate of drug-likeness (QED) is 0.604. The second-order valence-electron chi connectivity index (χ2n) is 7.03. The lowest BCUT2D eigenvalue weighted by atomic mass is 10.0. The van der Waals surface area contributed by atoms with E-state index in [2.05, 4.69) is 10.6 Å². The van der Waals surface area contributed by atoms with Gasteiger partial charge in [0.15, 0.2) is 0 Å². The van der Waals surface area contributed by atoms with Crippen molar-refractivity contribution < 1.29 is 33.1 Å². The number of urea groups is 1. The zero-order chi connectivity index (χ0) is 21.7. The molecule has 10 nitrogen and oxygen atoms in total. The van der Waals surface area contributed by atoms with Crippen molar-refractivity contribution in [3.63, 3.8) is 0 Å². The van der Waals surface area contributed by atoms with Crippen LogP contribution in [-0.2, 0) is 30.4 Å². The first-order valence-corrected chi connectivity index (χ1v) is 9.87. The normalized spacial score (nSPS) is 21.3. The van der Waals surface area contributed by atoms with Crippen LogP contribution in [0.3, 0.4) is 0 Å². The van der Waals surface area contributed by atoms with Gasteiger partial charge in [-0.05, 0) is 25.5 Å². The van der Waals surface area contributed by atoms with Crippen molar-refractivity contribution in [2.45, 2.75) is 39.3 Å². The van der Waals surface area contributed by atoms with Crippen LogP contribution in [0.5, 0.6) is 0 Å². The van der Waals surface area contributed by atoms with Gasteiger partial charge in [0, 0.05) is 13.0 Å². The van der Waals surface area contributed by atoms with Gasteiger partial charge >= 0.3 is 18.0 Å². The van der Waals surface area contributed by atoms with Gasteiger partial charge in [0.1, 0.15) is 12.4 Å². The summed E-state index contributed by atoms with van der Waals surface area (Å²) in [5.41, 5.74) is 0.419. The van der Waals surface area contributed by atoms with Crippen LogP contribution in [-0.4, -0.2) is 54.6 Å². The topological polar surface area (TPSA) is 127 Å². The first-order valence-electron chi connectivity index (χ1n) is 9.87. The number of furan rings is 1. The molecule has 0 spiro atoms. The summed E-state index contributed by atoms with van der Waals surface area (Å²) >= 11 is 0. The molecule has 1 saturated heterocycles. The molecular weight excluding hydrogens is 394 g/mol. The molecule has 0 unspecified atom stereocenters. The SMILES string of the molecule is CCOC(=O)C1=C(COC(=O)[C@H]2CC(=O)N(Cc3ccco3)C2)NC(=O)N[C@H]1CC. The van der Waals surface area contributed by atoms with E-state index in [0.29, 0.717) is 12.2 Å². The highest BCUT2D eigenvalue weighted by molar-refractivity contribution is 5.95. The van der Waals surface area contributed by atoms with Crippen LogP contribution in [0.1, 0.15) is 32.4 Å². The summed E-state index contributed by atoms with van der Waals surface area (Å²) in [7, 11) is 0. The number of amides is 3. The Morgan fingerprint density at radius 1 is 1.27 bits per heavy atom. The first kappa shape index (κ1) is 21.4. The molecule has 3 amide bonds. The number of hydrogen-bond acceptors (Lipinski definition) is 7. The summed E-state index contributed by atoms with van der Waals surface area (Å²) in [4.78, 5) is 50.5. The third-order valence-electron chi connectivity index (χ3n) is 4.98. The largest absolute Gasteiger partial charge is 0.467 e. The number of rotatable bonds is 8. The number of nitrogens with one attached hydrogen (secondary N) is 2. The van der Waals surface area contributed by atoms with Gasteiger partial charge in [-0.15, -0.1) is 0 Å². The number of likely N-dealkylation sites (tertiary alicyclic amines) is 1. The van der Waals surface area contributed by atoms with Crippen molar-refractivity contribution >= 4 is 23.9 Å². The molecule has 3 heterocycles. The highest BCUT2D eigenvalue weighted by Gasteiger charge is 2.37. The van der Waals surface area contributed by atoms with Gasteiger partial charge in [-0.25, -0.2) is 9.59 Å². The minimum absolute atomic E-state index is 0.0365. The van der Waals surface area contributed by atoms with E-state index in [1.165, 1.54) is 11.2 Å². The molecule has 1 aromatic rings.